The Bertz CT molecular complexity index is 1110. The summed E-state index contributed by atoms with van der Waals surface area (Å²) in [6.07, 6.45) is 3.36. The number of anilines is 1. The van der Waals surface area contributed by atoms with Crippen LogP contribution in [0, 0.1) is 6.92 Å². The van der Waals surface area contributed by atoms with Gasteiger partial charge in [0.15, 0.2) is 12.1 Å². The van der Waals surface area contributed by atoms with E-state index >= 15 is 0 Å². The van der Waals surface area contributed by atoms with Crippen molar-refractivity contribution in [2.24, 2.45) is 0 Å². The summed E-state index contributed by atoms with van der Waals surface area (Å²) < 4.78 is 5.27. The molecular weight excluding hydrogens is 378 g/mol. The molecule has 2 aliphatic rings. The van der Waals surface area contributed by atoms with Gasteiger partial charge in [0.05, 0.1) is 11.5 Å². The average molecular weight is 401 g/mol. The Morgan fingerprint density at radius 2 is 1.97 bits per heavy atom. The van der Waals surface area contributed by atoms with Crippen LogP contribution >= 0.6 is 0 Å². The van der Waals surface area contributed by atoms with E-state index in [4.69, 9.17) is 4.42 Å². The maximum atomic E-state index is 13.4. The minimum absolute atomic E-state index is 0.0195. The van der Waals surface area contributed by atoms with Gasteiger partial charge < -0.3 is 14.6 Å². The van der Waals surface area contributed by atoms with E-state index in [1.807, 2.05) is 47.4 Å². The fourth-order valence-corrected chi connectivity index (χ4v) is 5.04. The lowest BCUT2D eigenvalue weighted by Crippen LogP contribution is -2.49. The van der Waals surface area contributed by atoms with Crippen molar-refractivity contribution in [1.29, 1.82) is 0 Å². The van der Waals surface area contributed by atoms with Crippen LogP contribution in [0.1, 0.15) is 40.2 Å². The molecule has 0 unspecified atom stereocenters. The Kier molecular flexibility index (Phi) is 4.42. The molecule has 0 radical (unpaired) electrons. The molecule has 1 aromatic heterocycles. The van der Waals surface area contributed by atoms with Crippen LogP contribution in [0.15, 0.2) is 65.4 Å². The van der Waals surface area contributed by atoms with Crippen LogP contribution in [-0.4, -0.2) is 34.3 Å². The van der Waals surface area contributed by atoms with Crippen molar-refractivity contribution in [2.45, 2.75) is 37.6 Å². The number of likely N-dealkylation sites (tertiary alicyclic amines) is 1. The smallest absolute Gasteiger partial charge is 0.276 e. The molecular formula is C24H23N3O3. The summed E-state index contributed by atoms with van der Waals surface area (Å²) in [4.78, 5) is 32.7. The number of para-hydroxylation sites is 1. The number of amides is 2. The average Bonchev–Trinajstić information content (AvgIpc) is 3.44. The van der Waals surface area contributed by atoms with E-state index < -0.39 is 5.41 Å². The Morgan fingerprint density at radius 1 is 1.20 bits per heavy atom. The number of rotatable bonds is 4. The number of oxazole rings is 1. The van der Waals surface area contributed by atoms with Crippen molar-refractivity contribution in [2.75, 3.05) is 11.9 Å². The van der Waals surface area contributed by atoms with E-state index in [1.54, 1.807) is 6.92 Å². The van der Waals surface area contributed by atoms with Crippen LogP contribution in [0.3, 0.4) is 0 Å². The summed E-state index contributed by atoms with van der Waals surface area (Å²) in [6, 6.07) is 17.7. The van der Waals surface area contributed by atoms with Crippen molar-refractivity contribution in [3.8, 4) is 0 Å². The van der Waals surface area contributed by atoms with Gasteiger partial charge in [0, 0.05) is 12.2 Å². The standard InChI is InChI=1S/C24H23N3O3/c1-16-21(25-15-30-16)22(28)27-14-13-24(18-9-5-6-10-19(18)26-23(24)29)20(27)12-11-17-7-3-2-4-8-17/h2-10,15,20H,11-14H2,1H3,(H,26,29)/t20-,24-/m0/s1. The number of nitrogens with zero attached hydrogens (tertiary/aromatic N) is 2. The predicted octanol–water partition coefficient (Wildman–Crippen LogP) is 3.72. The second-order valence-electron chi connectivity index (χ2n) is 8.02. The van der Waals surface area contributed by atoms with Gasteiger partial charge in [0.2, 0.25) is 5.91 Å². The quantitative estimate of drug-likeness (QED) is 0.723. The predicted molar refractivity (Wildman–Crippen MR) is 112 cm³/mol. The van der Waals surface area contributed by atoms with Crippen LogP contribution in [0.25, 0.3) is 0 Å². The molecule has 3 heterocycles. The largest absolute Gasteiger partial charge is 0.448 e. The summed E-state index contributed by atoms with van der Waals surface area (Å²) in [6.45, 7) is 2.25. The SMILES string of the molecule is Cc1ocnc1C(=O)N1CC[C@@]2(C(=O)Nc3ccccc32)[C@@H]1CCc1ccccc1. The Balaban J connectivity index is 1.55. The maximum Gasteiger partial charge on any atom is 0.276 e. The second-order valence-corrected chi connectivity index (χ2v) is 8.02. The summed E-state index contributed by atoms with van der Waals surface area (Å²) >= 11 is 0. The molecule has 152 valence electrons. The van der Waals surface area contributed by atoms with Gasteiger partial charge in [-0.15, -0.1) is 0 Å². The molecule has 6 heteroatoms. The van der Waals surface area contributed by atoms with Crippen LogP contribution in [0.4, 0.5) is 5.69 Å². The molecule has 1 N–H and O–H groups in total. The summed E-state index contributed by atoms with van der Waals surface area (Å²) in [5, 5.41) is 3.05. The zero-order chi connectivity index (χ0) is 20.7. The Labute approximate surface area is 174 Å². The molecule has 6 nitrogen and oxygen atoms in total. The molecule has 30 heavy (non-hydrogen) atoms. The fraction of sp³-hybridized carbons (Fsp3) is 0.292. The van der Waals surface area contributed by atoms with E-state index in [0.717, 1.165) is 17.7 Å². The van der Waals surface area contributed by atoms with E-state index in [0.29, 0.717) is 30.8 Å². The van der Waals surface area contributed by atoms with Gasteiger partial charge in [-0.2, -0.15) is 0 Å². The fourth-order valence-electron chi connectivity index (χ4n) is 5.04. The monoisotopic (exact) mass is 401 g/mol. The molecule has 2 amide bonds. The van der Waals surface area contributed by atoms with Crippen LogP contribution < -0.4 is 5.32 Å². The molecule has 1 spiro atoms. The molecule has 1 saturated heterocycles. The van der Waals surface area contributed by atoms with E-state index in [1.165, 1.54) is 12.0 Å². The maximum absolute atomic E-state index is 13.4. The molecule has 2 aliphatic heterocycles. The van der Waals surface area contributed by atoms with Gasteiger partial charge in [0.25, 0.3) is 5.91 Å². The number of hydrogen-bond donors (Lipinski definition) is 1. The Morgan fingerprint density at radius 3 is 2.73 bits per heavy atom. The number of hydrogen-bond acceptors (Lipinski definition) is 4. The Hall–Kier alpha value is -3.41. The number of aryl methyl sites for hydroxylation is 2. The van der Waals surface area contributed by atoms with Crippen LogP contribution in [-0.2, 0) is 16.6 Å². The number of fused-ring (bicyclic) bond motifs is 2. The van der Waals surface area contributed by atoms with E-state index in [-0.39, 0.29) is 17.9 Å². The second kappa shape index (κ2) is 7.13. The lowest BCUT2D eigenvalue weighted by molar-refractivity contribution is -0.121. The highest BCUT2D eigenvalue weighted by atomic mass is 16.3. The van der Waals surface area contributed by atoms with E-state index in [2.05, 4.69) is 22.4 Å². The number of nitrogens with one attached hydrogen (secondary N) is 1. The third kappa shape index (κ3) is 2.75. The van der Waals surface area contributed by atoms with Crippen LogP contribution in [0.2, 0.25) is 0 Å². The van der Waals surface area contributed by atoms with Crippen molar-refractivity contribution < 1.29 is 14.0 Å². The van der Waals surface area contributed by atoms with Gasteiger partial charge in [0.1, 0.15) is 5.76 Å². The van der Waals surface area contributed by atoms with Gasteiger partial charge >= 0.3 is 0 Å². The normalized spacial score (nSPS) is 22.4. The first kappa shape index (κ1) is 18.6. The van der Waals surface area contributed by atoms with Gasteiger partial charge in [-0.05, 0) is 43.4 Å². The highest BCUT2D eigenvalue weighted by Gasteiger charge is 2.58. The molecule has 2 aromatic carbocycles. The number of carbonyl (C=O) groups excluding carboxylic acids is 2. The number of benzene rings is 2. The molecule has 0 bridgehead atoms. The first-order valence-electron chi connectivity index (χ1n) is 10.3. The van der Waals surface area contributed by atoms with Crippen molar-refractivity contribution in [3.05, 3.63) is 83.6 Å². The van der Waals surface area contributed by atoms with Gasteiger partial charge in [-0.25, -0.2) is 4.98 Å². The highest BCUT2D eigenvalue weighted by molar-refractivity contribution is 6.08. The molecule has 0 saturated carbocycles. The van der Waals surface area contributed by atoms with Gasteiger partial charge in [-0.1, -0.05) is 48.5 Å². The number of carbonyl (C=O) groups is 2. The van der Waals surface area contributed by atoms with Crippen molar-refractivity contribution in [1.82, 2.24) is 9.88 Å². The highest BCUT2D eigenvalue weighted by Crippen LogP contribution is 2.49. The lowest BCUT2D eigenvalue weighted by Gasteiger charge is -2.34. The lowest BCUT2D eigenvalue weighted by atomic mass is 9.73. The molecule has 0 aliphatic carbocycles. The minimum atomic E-state index is -0.737. The molecule has 1 fully saturated rings. The third-order valence-electron chi connectivity index (χ3n) is 6.51. The van der Waals surface area contributed by atoms with Crippen LogP contribution in [0.5, 0.6) is 0 Å². The summed E-state index contributed by atoms with van der Waals surface area (Å²) in [5.74, 6) is 0.307. The first-order valence-corrected chi connectivity index (χ1v) is 10.3. The van der Waals surface area contributed by atoms with Crippen molar-refractivity contribution >= 4 is 17.5 Å². The molecule has 3 aromatic rings. The number of aromatic nitrogens is 1. The molecule has 2 atom stereocenters. The summed E-state index contributed by atoms with van der Waals surface area (Å²) in [7, 11) is 0. The first-order chi connectivity index (χ1) is 14.6. The zero-order valence-electron chi connectivity index (χ0n) is 16.8. The van der Waals surface area contributed by atoms with E-state index in [9.17, 15) is 9.59 Å². The minimum Gasteiger partial charge on any atom is -0.448 e. The molecule has 5 rings (SSSR count). The zero-order valence-corrected chi connectivity index (χ0v) is 16.8. The third-order valence-corrected chi connectivity index (χ3v) is 6.51. The van der Waals surface area contributed by atoms with Crippen molar-refractivity contribution in [3.63, 3.8) is 0 Å². The topological polar surface area (TPSA) is 75.4 Å². The summed E-state index contributed by atoms with van der Waals surface area (Å²) in [5.41, 5.74) is 2.61. The van der Waals surface area contributed by atoms with Gasteiger partial charge in [-0.3, -0.25) is 9.59 Å².